The Morgan fingerprint density at radius 3 is 2.61 bits per heavy atom. The molecule has 3 aromatic rings. The van der Waals surface area contributed by atoms with Crippen LogP contribution < -0.4 is 10.1 Å². The number of fused-ring (bicyclic) bond motifs is 2. The summed E-state index contributed by atoms with van der Waals surface area (Å²) in [6.07, 6.45) is 6.84. The normalized spacial score (nSPS) is 16.3. The van der Waals surface area contributed by atoms with Crippen molar-refractivity contribution in [3.63, 3.8) is 0 Å². The number of aliphatic hydroxyl groups is 1. The van der Waals surface area contributed by atoms with Gasteiger partial charge in [0.1, 0.15) is 30.2 Å². The summed E-state index contributed by atoms with van der Waals surface area (Å²) in [6, 6.07) is 9.58. The first-order valence-corrected chi connectivity index (χ1v) is 13.2. The molecule has 2 unspecified atom stereocenters. The number of aliphatic hydroxyl groups excluding tert-OH is 1. The van der Waals surface area contributed by atoms with E-state index in [2.05, 4.69) is 22.2 Å². The lowest BCUT2D eigenvalue weighted by molar-refractivity contribution is -0.142. The van der Waals surface area contributed by atoms with Crippen molar-refractivity contribution in [2.45, 2.75) is 70.4 Å². The number of nitrogens with zero attached hydrogens (tertiary/aromatic N) is 1. The number of aliphatic carboxylic acids is 1. The molecule has 1 aromatic heterocycles. The molecular formula is C29H39N3O6. The third-order valence-corrected chi connectivity index (χ3v) is 7.32. The van der Waals surface area contributed by atoms with Crippen molar-refractivity contribution in [3.05, 3.63) is 52.8 Å². The predicted octanol–water partition coefficient (Wildman–Crippen LogP) is 4.29. The Morgan fingerprint density at radius 1 is 1.21 bits per heavy atom. The molecule has 38 heavy (non-hydrogen) atoms. The zero-order valence-corrected chi connectivity index (χ0v) is 22.2. The summed E-state index contributed by atoms with van der Waals surface area (Å²) in [5, 5.41) is 32.9. The van der Waals surface area contributed by atoms with E-state index in [0.717, 1.165) is 72.0 Å². The summed E-state index contributed by atoms with van der Waals surface area (Å²) >= 11 is 0. The van der Waals surface area contributed by atoms with Crippen LogP contribution in [0.5, 0.6) is 11.5 Å². The highest BCUT2D eigenvalue weighted by molar-refractivity contribution is 5.81. The second kappa shape index (κ2) is 13.9. The largest absolute Gasteiger partial charge is 0.508 e. The standard InChI is InChI=1S/C21H25N3O3.C7H12O2.CH2O/c1-12(22-2)3-5-15-17(25)7-6-16-19(15)24-21(23-16)20(26)14-4-8-18-13(11-14)9-10-27-18;8-7(9)6-4-2-1-3-5-6;1-2/h4,6-8,11-12,20,22,25-26H,3,5,9-10H2,1-2H3,(H,23,24);6H,1-5H2,(H,8,9);1H2. The number of rotatable bonds is 7. The van der Waals surface area contributed by atoms with Gasteiger partial charge in [0, 0.05) is 18.0 Å². The first-order chi connectivity index (χ1) is 18.4. The van der Waals surface area contributed by atoms with Crippen LogP contribution in [0, 0.1) is 5.92 Å². The summed E-state index contributed by atoms with van der Waals surface area (Å²) < 4.78 is 5.53. The number of aromatic amines is 1. The number of phenolic OH excluding ortho intramolecular Hbond substituents is 1. The van der Waals surface area contributed by atoms with Gasteiger partial charge < -0.3 is 35.2 Å². The number of carbonyl (C=O) groups excluding carboxylic acids is 1. The number of carbonyl (C=O) groups is 2. The van der Waals surface area contributed by atoms with Gasteiger partial charge in [-0.3, -0.25) is 4.79 Å². The van der Waals surface area contributed by atoms with Gasteiger partial charge in [0.15, 0.2) is 0 Å². The number of phenols is 1. The lowest BCUT2D eigenvalue weighted by atomic mass is 9.90. The van der Waals surface area contributed by atoms with Crippen molar-refractivity contribution < 1.29 is 29.6 Å². The van der Waals surface area contributed by atoms with Gasteiger partial charge in [0.25, 0.3) is 0 Å². The quantitative estimate of drug-likeness (QED) is 0.307. The summed E-state index contributed by atoms with van der Waals surface area (Å²) in [6.45, 7) is 4.79. The van der Waals surface area contributed by atoms with Crippen LogP contribution in [0.25, 0.3) is 11.0 Å². The SMILES string of the molecule is C=O.CNC(C)CCc1c(O)ccc2[nH]c(C(O)c3ccc4c(c3)CCO4)nc12.O=C(O)C1CCCCC1. The summed E-state index contributed by atoms with van der Waals surface area (Å²) in [5.74, 6) is 0.986. The molecule has 2 aliphatic rings. The molecule has 1 aliphatic carbocycles. The molecule has 5 rings (SSSR count). The smallest absolute Gasteiger partial charge is 0.306 e. The molecule has 9 nitrogen and oxygen atoms in total. The number of aromatic nitrogens is 2. The Hall–Kier alpha value is -3.43. The van der Waals surface area contributed by atoms with Gasteiger partial charge in [0.05, 0.1) is 23.6 Å². The molecule has 0 bridgehead atoms. The van der Waals surface area contributed by atoms with Crippen LogP contribution in [0.15, 0.2) is 30.3 Å². The van der Waals surface area contributed by atoms with Crippen molar-refractivity contribution in [3.8, 4) is 11.5 Å². The van der Waals surface area contributed by atoms with Crippen molar-refractivity contribution >= 4 is 23.8 Å². The fraction of sp³-hybridized carbons (Fsp3) is 0.483. The molecule has 2 atom stereocenters. The van der Waals surface area contributed by atoms with Crippen LogP contribution in [-0.4, -0.2) is 57.7 Å². The number of hydrogen-bond donors (Lipinski definition) is 5. The summed E-state index contributed by atoms with van der Waals surface area (Å²) in [7, 11) is 1.93. The van der Waals surface area contributed by atoms with Gasteiger partial charge in [-0.2, -0.15) is 0 Å². The van der Waals surface area contributed by atoms with E-state index in [-0.39, 0.29) is 11.7 Å². The minimum absolute atomic E-state index is 0.0289. The van der Waals surface area contributed by atoms with Crippen molar-refractivity contribution in [1.82, 2.24) is 15.3 Å². The number of benzene rings is 2. The molecule has 0 amide bonds. The second-order valence-electron chi connectivity index (χ2n) is 9.85. The van der Waals surface area contributed by atoms with E-state index < -0.39 is 12.1 Å². The van der Waals surface area contributed by atoms with Crippen LogP contribution in [0.4, 0.5) is 0 Å². The first-order valence-electron chi connectivity index (χ1n) is 13.2. The molecule has 5 N–H and O–H groups in total. The van der Waals surface area contributed by atoms with Gasteiger partial charge in [0.2, 0.25) is 0 Å². The van der Waals surface area contributed by atoms with E-state index in [1.165, 1.54) is 6.42 Å². The average molecular weight is 526 g/mol. The highest BCUT2D eigenvalue weighted by atomic mass is 16.5. The lowest BCUT2D eigenvalue weighted by Crippen LogP contribution is -2.21. The van der Waals surface area contributed by atoms with Gasteiger partial charge in [-0.25, -0.2) is 4.98 Å². The van der Waals surface area contributed by atoms with Crippen LogP contribution in [0.3, 0.4) is 0 Å². The van der Waals surface area contributed by atoms with Crippen LogP contribution in [-0.2, 0) is 22.4 Å². The van der Waals surface area contributed by atoms with E-state index in [1.807, 2.05) is 32.0 Å². The van der Waals surface area contributed by atoms with Gasteiger partial charge in [-0.05, 0) is 75.0 Å². The highest BCUT2D eigenvalue weighted by Gasteiger charge is 2.21. The molecule has 1 aliphatic heterocycles. The minimum Gasteiger partial charge on any atom is -0.508 e. The number of imidazole rings is 1. The number of H-pyrrole nitrogens is 1. The fourth-order valence-corrected chi connectivity index (χ4v) is 4.91. The van der Waals surface area contributed by atoms with Gasteiger partial charge in [-0.1, -0.05) is 25.3 Å². The maximum atomic E-state index is 10.8. The number of ether oxygens (including phenoxy) is 1. The van der Waals surface area contributed by atoms with E-state index in [4.69, 9.17) is 14.6 Å². The summed E-state index contributed by atoms with van der Waals surface area (Å²) in [4.78, 5) is 26.2. The molecule has 206 valence electrons. The number of carboxylic acid groups (broad SMARTS) is 1. The Morgan fingerprint density at radius 2 is 1.95 bits per heavy atom. The first kappa shape index (κ1) is 29.1. The van der Waals surface area contributed by atoms with Crippen molar-refractivity contribution in [1.29, 1.82) is 0 Å². The Kier molecular flexibility index (Phi) is 10.7. The van der Waals surface area contributed by atoms with E-state index in [9.17, 15) is 15.0 Å². The zero-order valence-electron chi connectivity index (χ0n) is 22.2. The topological polar surface area (TPSA) is 145 Å². The number of aromatic hydroxyl groups is 1. The Bertz CT molecular complexity index is 1200. The molecule has 0 saturated heterocycles. The van der Waals surface area contributed by atoms with Crippen LogP contribution >= 0.6 is 0 Å². The average Bonchev–Trinajstić information content (AvgIpc) is 3.61. The maximum Gasteiger partial charge on any atom is 0.306 e. The third kappa shape index (κ3) is 7.11. The third-order valence-electron chi connectivity index (χ3n) is 7.32. The molecular weight excluding hydrogens is 486 g/mol. The maximum absolute atomic E-state index is 10.8. The minimum atomic E-state index is -0.852. The van der Waals surface area contributed by atoms with E-state index in [0.29, 0.717) is 24.9 Å². The summed E-state index contributed by atoms with van der Waals surface area (Å²) in [5.41, 5.74) is 4.25. The molecule has 2 aromatic carbocycles. The number of hydrogen-bond acceptors (Lipinski definition) is 7. The number of nitrogens with one attached hydrogen (secondary N) is 2. The molecule has 9 heteroatoms. The number of aryl methyl sites for hydroxylation is 1. The monoisotopic (exact) mass is 525 g/mol. The van der Waals surface area contributed by atoms with Crippen molar-refractivity contribution in [2.24, 2.45) is 5.92 Å². The van der Waals surface area contributed by atoms with Gasteiger partial charge in [-0.15, -0.1) is 0 Å². The van der Waals surface area contributed by atoms with Gasteiger partial charge >= 0.3 is 5.97 Å². The van der Waals surface area contributed by atoms with Crippen LogP contribution in [0.2, 0.25) is 0 Å². The van der Waals surface area contributed by atoms with E-state index in [1.54, 1.807) is 12.1 Å². The Labute approximate surface area is 223 Å². The molecule has 0 radical (unpaired) electrons. The molecule has 1 fully saturated rings. The van der Waals surface area contributed by atoms with Crippen molar-refractivity contribution in [2.75, 3.05) is 13.7 Å². The molecule has 0 spiro atoms. The zero-order chi connectivity index (χ0) is 27.7. The number of carboxylic acids is 1. The fourth-order valence-electron chi connectivity index (χ4n) is 4.91. The Balaban J connectivity index is 0.000000307. The molecule has 1 saturated carbocycles. The van der Waals surface area contributed by atoms with Crippen LogP contribution in [0.1, 0.15) is 74.1 Å². The second-order valence-corrected chi connectivity index (χ2v) is 9.85. The highest BCUT2D eigenvalue weighted by Crippen LogP contribution is 2.32. The predicted molar refractivity (Wildman–Crippen MR) is 146 cm³/mol. The molecule has 2 heterocycles. The lowest BCUT2D eigenvalue weighted by Gasteiger charge is -2.16. The van der Waals surface area contributed by atoms with E-state index >= 15 is 0 Å².